The summed E-state index contributed by atoms with van der Waals surface area (Å²) in [5.74, 6) is 2.62. The van der Waals surface area contributed by atoms with Crippen molar-refractivity contribution in [1.29, 1.82) is 0 Å². The molecule has 31 heavy (non-hydrogen) atoms. The van der Waals surface area contributed by atoms with Crippen LogP contribution < -0.4 is 20.7 Å². The summed E-state index contributed by atoms with van der Waals surface area (Å²) in [5.41, 5.74) is 1.59. The average molecular weight is 440 g/mol. The zero-order valence-corrected chi connectivity index (χ0v) is 17.2. The van der Waals surface area contributed by atoms with Crippen molar-refractivity contribution >= 4 is 45.6 Å². The van der Waals surface area contributed by atoms with Crippen LogP contribution in [0.5, 0.6) is 5.75 Å². The van der Waals surface area contributed by atoms with E-state index in [1.54, 1.807) is 18.2 Å². The maximum Gasteiger partial charge on any atom is 0.241 e. The molecule has 7 nitrogen and oxygen atoms in total. The summed E-state index contributed by atoms with van der Waals surface area (Å²) in [5, 5.41) is 9.81. The topological polar surface area (TPSA) is 88.2 Å². The van der Waals surface area contributed by atoms with E-state index in [0.29, 0.717) is 33.8 Å². The van der Waals surface area contributed by atoms with E-state index in [9.17, 15) is 9.18 Å². The minimum absolute atomic E-state index is 0.00894. The van der Waals surface area contributed by atoms with Crippen LogP contribution in [0.3, 0.4) is 0 Å². The molecule has 3 N–H and O–H groups in total. The molecule has 0 bridgehead atoms. The molecule has 9 heteroatoms. The van der Waals surface area contributed by atoms with E-state index in [-0.39, 0.29) is 23.6 Å². The molecule has 158 valence electrons. The number of nitrogens with one attached hydrogen (secondary N) is 3. The van der Waals surface area contributed by atoms with Crippen LogP contribution in [0.25, 0.3) is 10.9 Å². The van der Waals surface area contributed by atoms with Gasteiger partial charge in [-0.15, -0.1) is 6.42 Å². The quantitative estimate of drug-likeness (QED) is 0.505. The van der Waals surface area contributed by atoms with Crippen LogP contribution in [0, 0.1) is 18.2 Å². The number of nitrogens with zero attached hydrogens (tertiary/aromatic N) is 2. The smallest absolute Gasteiger partial charge is 0.241 e. The van der Waals surface area contributed by atoms with Crippen molar-refractivity contribution in [2.75, 3.05) is 23.8 Å². The monoisotopic (exact) mass is 439 g/mol. The van der Waals surface area contributed by atoms with Crippen LogP contribution in [0.2, 0.25) is 5.02 Å². The number of carbonyl (C=O) groups excluding carboxylic acids is 1. The Labute approximate surface area is 183 Å². The first kappa shape index (κ1) is 20.8. The average Bonchev–Trinajstić information content (AvgIpc) is 3.30. The molecule has 1 fully saturated rings. The number of hydrogen-bond acceptors (Lipinski definition) is 6. The Morgan fingerprint density at radius 3 is 2.97 bits per heavy atom. The van der Waals surface area contributed by atoms with Crippen molar-refractivity contribution in [2.45, 2.75) is 18.9 Å². The third kappa shape index (κ3) is 4.68. The maximum atomic E-state index is 13.5. The molecule has 1 saturated heterocycles. The van der Waals surface area contributed by atoms with E-state index >= 15 is 0 Å². The van der Waals surface area contributed by atoms with Crippen LogP contribution in [0.15, 0.2) is 36.7 Å². The number of anilines is 3. The molecule has 2 heterocycles. The molecule has 0 radical (unpaired) electrons. The van der Waals surface area contributed by atoms with Gasteiger partial charge in [0.1, 0.15) is 30.3 Å². The Morgan fingerprint density at radius 2 is 2.23 bits per heavy atom. The number of carbonyl (C=O) groups is 1. The summed E-state index contributed by atoms with van der Waals surface area (Å²) in [6.07, 6.45) is 8.43. The predicted molar refractivity (Wildman–Crippen MR) is 118 cm³/mol. The summed E-state index contributed by atoms with van der Waals surface area (Å²) >= 11 is 5.88. The molecule has 2 aromatic carbocycles. The standard InChI is InChI=1S/C22H19ClFN5O2/c1-2-8-31-20-11-18-14(10-19(20)29-22(30)17-4-3-7-25-17)21(27-12-26-18)28-13-5-6-16(24)15(23)9-13/h1,5-6,9-12,17,25H,3-4,7-8H2,(H,29,30)(H,26,27,28)/t17-/m0/s1. The minimum Gasteiger partial charge on any atom is -0.479 e. The Bertz CT molecular complexity index is 1170. The van der Waals surface area contributed by atoms with Crippen molar-refractivity contribution in [3.63, 3.8) is 0 Å². The molecule has 0 saturated carbocycles. The zero-order valence-electron chi connectivity index (χ0n) is 16.4. The fraction of sp³-hybridized carbons (Fsp3) is 0.227. The lowest BCUT2D eigenvalue weighted by Crippen LogP contribution is -2.35. The molecule has 1 aliphatic rings. The highest BCUT2D eigenvalue weighted by Crippen LogP contribution is 2.34. The zero-order chi connectivity index (χ0) is 21.8. The maximum absolute atomic E-state index is 13.5. The van der Waals surface area contributed by atoms with Gasteiger partial charge in [-0.05, 0) is 43.7 Å². The lowest BCUT2D eigenvalue weighted by atomic mass is 10.1. The largest absolute Gasteiger partial charge is 0.479 e. The van der Waals surface area contributed by atoms with Gasteiger partial charge in [-0.2, -0.15) is 0 Å². The second-order valence-corrected chi connectivity index (χ2v) is 7.38. The fourth-order valence-corrected chi connectivity index (χ4v) is 3.54. The van der Waals surface area contributed by atoms with Crippen molar-refractivity contribution in [3.8, 4) is 18.1 Å². The summed E-state index contributed by atoms with van der Waals surface area (Å²) < 4.78 is 19.1. The van der Waals surface area contributed by atoms with Gasteiger partial charge >= 0.3 is 0 Å². The van der Waals surface area contributed by atoms with Gasteiger partial charge in [0.25, 0.3) is 0 Å². The van der Waals surface area contributed by atoms with Gasteiger partial charge in [-0.3, -0.25) is 4.79 Å². The van der Waals surface area contributed by atoms with Gasteiger partial charge in [-0.25, -0.2) is 14.4 Å². The first-order valence-electron chi connectivity index (χ1n) is 9.66. The molecular formula is C22H19ClFN5O2. The van der Waals surface area contributed by atoms with E-state index < -0.39 is 5.82 Å². The lowest BCUT2D eigenvalue weighted by molar-refractivity contribution is -0.117. The summed E-state index contributed by atoms with van der Waals surface area (Å²) in [6.45, 7) is 0.846. The minimum atomic E-state index is -0.513. The van der Waals surface area contributed by atoms with E-state index in [1.807, 2.05) is 0 Å². The number of terminal acetylenes is 1. The highest BCUT2D eigenvalue weighted by molar-refractivity contribution is 6.31. The molecule has 0 aliphatic carbocycles. The second kappa shape index (κ2) is 9.16. The van der Waals surface area contributed by atoms with Crippen molar-refractivity contribution in [1.82, 2.24) is 15.3 Å². The normalized spacial score (nSPS) is 15.5. The fourth-order valence-electron chi connectivity index (χ4n) is 3.36. The summed E-state index contributed by atoms with van der Waals surface area (Å²) in [4.78, 5) is 21.2. The first-order valence-corrected chi connectivity index (χ1v) is 10.0. The van der Waals surface area contributed by atoms with Gasteiger partial charge in [0, 0.05) is 17.1 Å². The van der Waals surface area contributed by atoms with Crippen LogP contribution in [0.4, 0.5) is 21.6 Å². The van der Waals surface area contributed by atoms with E-state index in [1.165, 1.54) is 18.5 Å². The summed E-state index contributed by atoms with van der Waals surface area (Å²) in [6, 6.07) is 7.43. The van der Waals surface area contributed by atoms with E-state index in [2.05, 4.69) is 31.8 Å². The Kier molecular flexibility index (Phi) is 6.16. The van der Waals surface area contributed by atoms with E-state index in [4.69, 9.17) is 22.8 Å². The number of ether oxygens (including phenoxy) is 1. The van der Waals surface area contributed by atoms with Crippen LogP contribution in [0.1, 0.15) is 12.8 Å². The number of amides is 1. The number of aromatic nitrogens is 2. The number of halogens is 2. The number of rotatable bonds is 6. The SMILES string of the molecule is C#CCOc1cc2ncnc(Nc3ccc(F)c(Cl)c3)c2cc1NC(=O)[C@@H]1CCCN1. The van der Waals surface area contributed by atoms with E-state index in [0.717, 1.165) is 19.4 Å². The third-order valence-electron chi connectivity index (χ3n) is 4.86. The molecule has 3 aromatic rings. The molecule has 1 amide bonds. The molecule has 1 atom stereocenters. The lowest BCUT2D eigenvalue weighted by Gasteiger charge is -2.16. The van der Waals surface area contributed by atoms with Crippen LogP contribution in [-0.4, -0.2) is 35.1 Å². The molecule has 0 unspecified atom stereocenters. The highest BCUT2D eigenvalue weighted by atomic mass is 35.5. The Balaban J connectivity index is 1.71. The molecule has 1 aliphatic heterocycles. The van der Waals surface area contributed by atoms with Gasteiger partial charge in [0.2, 0.25) is 5.91 Å². The predicted octanol–water partition coefficient (Wildman–Crippen LogP) is 3.87. The van der Waals surface area contributed by atoms with Crippen molar-refractivity contribution in [2.24, 2.45) is 0 Å². The van der Waals surface area contributed by atoms with Gasteiger partial charge in [-0.1, -0.05) is 17.5 Å². The van der Waals surface area contributed by atoms with Gasteiger partial charge in [0.05, 0.1) is 22.3 Å². The highest BCUT2D eigenvalue weighted by Gasteiger charge is 2.23. The van der Waals surface area contributed by atoms with Crippen LogP contribution >= 0.6 is 11.6 Å². The van der Waals surface area contributed by atoms with Crippen LogP contribution in [-0.2, 0) is 4.79 Å². The van der Waals surface area contributed by atoms with Gasteiger partial charge < -0.3 is 20.7 Å². The first-order chi connectivity index (χ1) is 15.0. The second-order valence-electron chi connectivity index (χ2n) is 6.97. The molecular weight excluding hydrogens is 421 g/mol. The van der Waals surface area contributed by atoms with Crippen molar-refractivity contribution in [3.05, 3.63) is 47.5 Å². The molecule has 1 aromatic heterocycles. The molecule has 0 spiro atoms. The number of fused-ring (bicyclic) bond motifs is 1. The van der Waals surface area contributed by atoms with Crippen molar-refractivity contribution < 1.29 is 13.9 Å². The third-order valence-corrected chi connectivity index (χ3v) is 5.15. The summed E-state index contributed by atoms with van der Waals surface area (Å²) in [7, 11) is 0. The van der Waals surface area contributed by atoms with Gasteiger partial charge in [0.15, 0.2) is 0 Å². The number of hydrogen-bond donors (Lipinski definition) is 3. The molecule has 4 rings (SSSR count). The number of benzene rings is 2. The Hall–Kier alpha value is -3.41. The Morgan fingerprint density at radius 1 is 1.35 bits per heavy atom.